The number of carbonyl (C=O) groups excluding carboxylic acids is 2. The molecule has 130 valence electrons. The smallest absolute Gasteiger partial charge is 0.254 e. The van der Waals surface area contributed by atoms with Crippen LogP contribution in [0, 0.1) is 19.3 Å². The van der Waals surface area contributed by atoms with Gasteiger partial charge in [-0.3, -0.25) is 9.59 Å². The molecule has 1 saturated heterocycles. The van der Waals surface area contributed by atoms with Crippen molar-refractivity contribution in [3.8, 4) is 0 Å². The standard InChI is InChI=1S/C19H25NO4/c1-11-8-12(2)16(13-9-19(3,4)17(21)15(11)13)18(22)20(5)10-14-23-6-7-24-14/h8,14H,6-7,9-10H2,1-5H3. The highest BCUT2D eigenvalue weighted by Crippen LogP contribution is 2.40. The predicted molar refractivity (Wildman–Crippen MR) is 90.4 cm³/mol. The first kappa shape index (κ1) is 17.1. The second-order valence-corrected chi connectivity index (χ2v) is 7.49. The fourth-order valence-corrected chi connectivity index (χ4v) is 3.73. The number of nitrogens with zero attached hydrogens (tertiary/aromatic N) is 1. The van der Waals surface area contributed by atoms with Crippen molar-refractivity contribution in [2.24, 2.45) is 5.41 Å². The molecule has 0 unspecified atom stereocenters. The van der Waals surface area contributed by atoms with Crippen molar-refractivity contribution < 1.29 is 19.1 Å². The lowest BCUT2D eigenvalue weighted by Gasteiger charge is -2.23. The molecule has 1 aliphatic heterocycles. The van der Waals surface area contributed by atoms with Crippen LogP contribution >= 0.6 is 0 Å². The summed E-state index contributed by atoms with van der Waals surface area (Å²) in [6.07, 6.45) is 0.241. The fourth-order valence-electron chi connectivity index (χ4n) is 3.73. The van der Waals surface area contributed by atoms with Gasteiger partial charge in [0.25, 0.3) is 5.91 Å². The first-order chi connectivity index (χ1) is 11.2. The third kappa shape index (κ3) is 2.76. The summed E-state index contributed by atoms with van der Waals surface area (Å²) in [4.78, 5) is 27.4. The van der Waals surface area contributed by atoms with E-state index < -0.39 is 5.41 Å². The summed E-state index contributed by atoms with van der Waals surface area (Å²) in [6, 6.07) is 1.95. The molecule has 0 spiro atoms. The van der Waals surface area contributed by atoms with Gasteiger partial charge in [-0.15, -0.1) is 0 Å². The number of likely N-dealkylation sites (N-methyl/N-ethyl adjacent to an activating group) is 1. The van der Waals surface area contributed by atoms with Crippen molar-refractivity contribution in [1.29, 1.82) is 0 Å². The second-order valence-electron chi connectivity index (χ2n) is 7.49. The van der Waals surface area contributed by atoms with Gasteiger partial charge < -0.3 is 14.4 Å². The molecule has 3 rings (SSSR count). The van der Waals surface area contributed by atoms with E-state index in [0.717, 1.165) is 22.3 Å². The number of benzene rings is 1. The predicted octanol–water partition coefficient (Wildman–Crippen LogP) is 2.51. The number of rotatable bonds is 3. The lowest BCUT2D eigenvalue weighted by molar-refractivity contribution is -0.0543. The maximum Gasteiger partial charge on any atom is 0.254 e. The minimum atomic E-state index is -0.452. The van der Waals surface area contributed by atoms with Gasteiger partial charge in [-0.2, -0.15) is 0 Å². The van der Waals surface area contributed by atoms with Crippen molar-refractivity contribution in [2.75, 3.05) is 26.8 Å². The first-order valence-electron chi connectivity index (χ1n) is 8.39. The van der Waals surface area contributed by atoms with Crippen LogP contribution in [-0.4, -0.2) is 49.7 Å². The molecule has 0 saturated carbocycles. The average molecular weight is 331 g/mol. The number of carbonyl (C=O) groups is 2. The van der Waals surface area contributed by atoms with Crippen molar-refractivity contribution >= 4 is 11.7 Å². The number of ether oxygens (including phenoxy) is 2. The van der Waals surface area contributed by atoms with E-state index in [1.165, 1.54) is 0 Å². The van der Waals surface area contributed by atoms with E-state index in [1.54, 1.807) is 11.9 Å². The van der Waals surface area contributed by atoms with Crippen LogP contribution < -0.4 is 0 Å². The van der Waals surface area contributed by atoms with Crippen molar-refractivity contribution in [1.82, 2.24) is 4.90 Å². The number of Topliss-reactive ketones (excluding diaryl/α,β-unsaturated/α-hetero) is 1. The second kappa shape index (κ2) is 5.97. The van der Waals surface area contributed by atoms with Gasteiger partial charge in [0.2, 0.25) is 0 Å². The van der Waals surface area contributed by atoms with Gasteiger partial charge in [-0.05, 0) is 37.0 Å². The number of hydrogen-bond donors (Lipinski definition) is 0. The molecule has 0 aromatic heterocycles. The minimum Gasteiger partial charge on any atom is -0.348 e. The zero-order valence-corrected chi connectivity index (χ0v) is 15.1. The van der Waals surface area contributed by atoms with Gasteiger partial charge in [-0.25, -0.2) is 0 Å². The molecule has 0 bridgehead atoms. The van der Waals surface area contributed by atoms with Gasteiger partial charge in [0.05, 0.1) is 19.8 Å². The number of ketones is 1. The molecule has 1 aromatic rings. The topological polar surface area (TPSA) is 55.8 Å². The molecule has 24 heavy (non-hydrogen) atoms. The van der Waals surface area contributed by atoms with Gasteiger partial charge in [-0.1, -0.05) is 19.9 Å². The highest BCUT2D eigenvalue weighted by atomic mass is 16.7. The van der Waals surface area contributed by atoms with Crippen LogP contribution in [0.1, 0.15) is 51.3 Å². The molecule has 5 heteroatoms. The van der Waals surface area contributed by atoms with E-state index in [0.29, 0.717) is 31.7 Å². The molecule has 0 N–H and O–H groups in total. The average Bonchev–Trinajstić information content (AvgIpc) is 3.06. The van der Waals surface area contributed by atoms with Crippen LogP contribution in [0.2, 0.25) is 0 Å². The van der Waals surface area contributed by atoms with Crippen LogP contribution in [0.15, 0.2) is 6.07 Å². The molecule has 1 aliphatic carbocycles. The van der Waals surface area contributed by atoms with Crippen LogP contribution in [-0.2, 0) is 15.9 Å². The summed E-state index contributed by atoms with van der Waals surface area (Å²) in [6.45, 7) is 9.29. The maximum absolute atomic E-state index is 13.0. The van der Waals surface area contributed by atoms with E-state index in [9.17, 15) is 9.59 Å². The summed E-state index contributed by atoms with van der Waals surface area (Å²) >= 11 is 0. The Morgan fingerprint density at radius 2 is 1.88 bits per heavy atom. The molecule has 1 amide bonds. The van der Waals surface area contributed by atoms with Crippen molar-refractivity contribution in [2.45, 2.75) is 40.4 Å². The fraction of sp³-hybridized carbons (Fsp3) is 0.579. The van der Waals surface area contributed by atoms with E-state index in [-0.39, 0.29) is 18.0 Å². The summed E-state index contributed by atoms with van der Waals surface area (Å²) in [5.74, 6) is 0.0579. The number of aryl methyl sites for hydroxylation is 2. The molecular weight excluding hydrogens is 306 g/mol. The Morgan fingerprint density at radius 3 is 2.50 bits per heavy atom. The number of hydrogen-bond acceptors (Lipinski definition) is 4. The quantitative estimate of drug-likeness (QED) is 0.854. The Balaban J connectivity index is 1.97. The summed E-state index contributed by atoms with van der Waals surface area (Å²) < 4.78 is 10.9. The van der Waals surface area contributed by atoms with E-state index in [4.69, 9.17) is 9.47 Å². The summed E-state index contributed by atoms with van der Waals surface area (Å²) in [7, 11) is 1.75. The van der Waals surface area contributed by atoms with Gasteiger partial charge in [0.15, 0.2) is 12.1 Å². The molecule has 0 radical (unpaired) electrons. The zero-order chi connectivity index (χ0) is 17.6. The molecule has 1 aromatic carbocycles. The largest absolute Gasteiger partial charge is 0.348 e. The molecule has 1 fully saturated rings. The van der Waals surface area contributed by atoms with Crippen LogP contribution in [0.4, 0.5) is 0 Å². The van der Waals surface area contributed by atoms with Crippen LogP contribution in [0.5, 0.6) is 0 Å². The van der Waals surface area contributed by atoms with Gasteiger partial charge in [0.1, 0.15) is 0 Å². The van der Waals surface area contributed by atoms with Crippen molar-refractivity contribution in [3.63, 3.8) is 0 Å². The molecule has 2 aliphatic rings. The number of amides is 1. The maximum atomic E-state index is 13.0. The van der Waals surface area contributed by atoms with E-state index in [1.807, 2.05) is 33.8 Å². The van der Waals surface area contributed by atoms with E-state index >= 15 is 0 Å². The summed E-state index contributed by atoms with van der Waals surface area (Å²) in [5, 5.41) is 0. The molecule has 0 atom stereocenters. The van der Waals surface area contributed by atoms with Crippen molar-refractivity contribution in [3.05, 3.63) is 33.9 Å². The summed E-state index contributed by atoms with van der Waals surface area (Å²) in [5.41, 5.74) is 3.71. The monoisotopic (exact) mass is 331 g/mol. The third-order valence-electron chi connectivity index (χ3n) is 4.96. The normalized spacial score (nSPS) is 19.6. The van der Waals surface area contributed by atoms with Gasteiger partial charge >= 0.3 is 0 Å². The van der Waals surface area contributed by atoms with Gasteiger partial charge in [0, 0.05) is 23.6 Å². The lowest BCUT2D eigenvalue weighted by atomic mass is 9.88. The first-order valence-corrected chi connectivity index (χ1v) is 8.39. The Bertz CT molecular complexity index is 702. The molecular formula is C19H25NO4. The molecule has 1 heterocycles. The Kier molecular flexibility index (Phi) is 4.26. The van der Waals surface area contributed by atoms with Crippen LogP contribution in [0.3, 0.4) is 0 Å². The zero-order valence-electron chi connectivity index (χ0n) is 15.1. The Labute approximate surface area is 142 Å². The Morgan fingerprint density at radius 1 is 1.25 bits per heavy atom. The Hall–Kier alpha value is -1.72. The lowest BCUT2D eigenvalue weighted by Crippen LogP contribution is -2.35. The highest BCUT2D eigenvalue weighted by Gasteiger charge is 2.41. The molecule has 5 nitrogen and oxygen atoms in total. The minimum absolute atomic E-state index is 0.0756. The highest BCUT2D eigenvalue weighted by molar-refractivity contribution is 6.09. The SMILES string of the molecule is Cc1cc(C)c2c(c1C(=O)N(C)CC1OCCO1)CC(C)(C)C2=O. The third-order valence-corrected chi connectivity index (χ3v) is 4.96. The van der Waals surface area contributed by atoms with Crippen LogP contribution in [0.25, 0.3) is 0 Å². The van der Waals surface area contributed by atoms with E-state index in [2.05, 4.69) is 0 Å². The number of fused-ring (bicyclic) bond motifs is 1.